The summed E-state index contributed by atoms with van der Waals surface area (Å²) in [5.74, 6) is 0. The molecule has 0 bridgehead atoms. The van der Waals surface area contributed by atoms with E-state index in [0.29, 0.717) is 0 Å². The normalized spacial score (nSPS) is 18.0. The molecular formula is C8H21N3. The molecule has 68 valence electrons. The van der Waals surface area contributed by atoms with Gasteiger partial charge in [0, 0.05) is 17.6 Å². The zero-order valence-corrected chi connectivity index (χ0v) is 7.80. The van der Waals surface area contributed by atoms with Crippen LogP contribution >= 0.6 is 0 Å². The average molecular weight is 159 g/mol. The summed E-state index contributed by atoms with van der Waals surface area (Å²) in [5.41, 5.74) is 17.1. The highest BCUT2D eigenvalue weighted by Gasteiger charge is 2.26. The highest BCUT2D eigenvalue weighted by Crippen LogP contribution is 2.08. The SMILES string of the molecule is CCCC(N)C(N)C(C)(C)N. The van der Waals surface area contributed by atoms with Crippen LogP contribution in [0, 0.1) is 0 Å². The third-order valence-electron chi connectivity index (χ3n) is 1.94. The van der Waals surface area contributed by atoms with Crippen molar-refractivity contribution in [3.63, 3.8) is 0 Å². The largest absolute Gasteiger partial charge is 0.326 e. The van der Waals surface area contributed by atoms with E-state index in [1.54, 1.807) is 0 Å². The van der Waals surface area contributed by atoms with E-state index < -0.39 is 0 Å². The second-order valence-electron chi connectivity index (χ2n) is 3.80. The van der Waals surface area contributed by atoms with Crippen molar-refractivity contribution in [1.82, 2.24) is 0 Å². The highest BCUT2D eigenvalue weighted by atomic mass is 14.9. The fourth-order valence-electron chi connectivity index (χ4n) is 1.06. The van der Waals surface area contributed by atoms with E-state index in [9.17, 15) is 0 Å². The molecule has 0 saturated carbocycles. The average Bonchev–Trinajstić information content (AvgIpc) is 1.85. The van der Waals surface area contributed by atoms with Crippen molar-refractivity contribution in [3.8, 4) is 0 Å². The molecule has 6 N–H and O–H groups in total. The molecule has 0 aliphatic carbocycles. The third kappa shape index (κ3) is 3.70. The van der Waals surface area contributed by atoms with E-state index in [4.69, 9.17) is 17.2 Å². The maximum atomic E-state index is 5.83. The lowest BCUT2D eigenvalue weighted by Crippen LogP contribution is -2.59. The lowest BCUT2D eigenvalue weighted by Gasteiger charge is -2.31. The van der Waals surface area contributed by atoms with Gasteiger partial charge < -0.3 is 17.2 Å². The number of hydrogen-bond donors (Lipinski definition) is 3. The monoisotopic (exact) mass is 159 g/mol. The Balaban J connectivity index is 3.91. The lowest BCUT2D eigenvalue weighted by atomic mass is 9.89. The second kappa shape index (κ2) is 4.04. The van der Waals surface area contributed by atoms with E-state index in [-0.39, 0.29) is 17.6 Å². The van der Waals surface area contributed by atoms with Gasteiger partial charge >= 0.3 is 0 Å². The summed E-state index contributed by atoms with van der Waals surface area (Å²) in [6.45, 7) is 5.91. The zero-order chi connectivity index (χ0) is 9.07. The van der Waals surface area contributed by atoms with Crippen LogP contribution in [0.2, 0.25) is 0 Å². The first-order valence-corrected chi connectivity index (χ1v) is 4.19. The van der Waals surface area contributed by atoms with Gasteiger partial charge in [0.2, 0.25) is 0 Å². The minimum Gasteiger partial charge on any atom is -0.326 e. The third-order valence-corrected chi connectivity index (χ3v) is 1.94. The molecule has 0 heterocycles. The van der Waals surface area contributed by atoms with Crippen LogP contribution in [0.1, 0.15) is 33.6 Å². The summed E-state index contributed by atoms with van der Waals surface area (Å²) in [6.07, 6.45) is 2.01. The summed E-state index contributed by atoms with van der Waals surface area (Å²) in [6, 6.07) is -0.0811. The molecule has 2 atom stereocenters. The summed E-state index contributed by atoms with van der Waals surface area (Å²) >= 11 is 0. The Hall–Kier alpha value is -0.120. The molecule has 0 aromatic carbocycles. The fourth-order valence-corrected chi connectivity index (χ4v) is 1.06. The minimum absolute atomic E-state index is 0.0278. The van der Waals surface area contributed by atoms with Crippen molar-refractivity contribution in [2.45, 2.75) is 51.2 Å². The molecule has 2 unspecified atom stereocenters. The zero-order valence-electron chi connectivity index (χ0n) is 7.80. The topological polar surface area (TPSA) is 78.1 Å². The van der Waals surface area contributed by atoms with Crippen molar-refractivity contribution >= 4 is 0 Å². The fraction of sp³-hybridized carbons (Fsp3) is 1.00. The predicted octanol–water partition coefficient (Wildman–Crippen LogP) is 0.178. The van der Waals surface area contributed by atoms with Crippen molar-refractivity contribution < 1.29 is 0 Å². The molecular weight excluding hydrogens is 138 g/mol. The first-order valence-electron chi connectivity index (χ1n) is 4.19. The quantitative estimate of drug-likeness (QED) is 0.547. The Morgan fingerprint density at radius 2 is 1.73 bits per heavy atom. The Morgan fingerprint density at radius 3 is 2.00 bits per heavy atom. The van der Waals surface area contributed by atoms with E-state index in [2.05, 4.69) is 6.92 Å². The standard InChI is InChI=1S/C8H21N3/c1-4-5-6(9)7(10)8(2,3)11/h6-7H,4-5,9-11H2,1-3H3. The molecule has 0 aromatic heterocycles. The van der Waals surface area contributed by atoms with Crippen LogP contribution in [0.15, 0.2) is 0 Å². The van der Waals surface area contributed by atoms with Crippen LogP contribution in [0.4, 0.5) is 0 Å². The smallest absolute Gasteiger partial charge is 0.0370 e. The van der Waals surface area contributed by atoms with E-state index in [1.165, 1.54) is 0 Å². The first kappa shape index (κ1) is 10.9. The van der Waals surface area contributed by atoms with Crippen molar-refractivity contribution in [1.29, 1.82) is 0 Å². The molecule has 0 amide bonds. The van der Waals surface area contributed by atoms with Crippen LogP contribution in [-0.2, 0) is 0 Å². The molecule has 0 aliphatic heterocycles. The minimum atomic E-state index is -0.366. The van der Waals surface area contributed by atoms with Gasteiger partial charge in [0.1, 0.15) is 0 Å². The summed E-state index contributed by atoms with van der Waals surface area (Å²) in [5, 5.41) is 0. The van der Waals surface area contributed by atoms with Gasteiger partial charge in [-0.2, -0.15) is 0 Å². The van der Waals surface area contributed by atoms with Crippen molar-refractivity contribution in [3.05, 3.63) is 0 Å². The van der Waals surface area contributed by atoms with Gasteiger partial charge in [0.05, 0.1) is 0 Å². The molecule has 0 aliphatic rings. The van der Waals surface area contributed by atoms with Crippen molar-refractivity contribution in [2.24, 2.45) is 17.2 Å². The molecule has 0 spiro atoms. The van der Waals surface area contributed by atoms with Crippen LogP contribution in [-0.4, -0.2) is 17.6 Å². The molecule has 0 rings (SSSR count). The van der Waals surface area contributed by atoms with Gasteiger partial charge in [0.25, 0.3) is 0 Å². The molecule has 0 radical (unpaired) electrons. The number of nitrogens with two attached hydrogens (primary N) is 3. The Morgan fingerprint density at radius 1 is 1.27 bits per heavy atom. The van der Waals surface area contributed by atoms with Crippen molar-refractivity contribution in [2.75, 3.05) is 0 Å². The Bertz CT molecular complexity index is 106. The lowest BCUT2D eigenvalue weighted by molar-refractivity contribution is 0.342. The molecule has 0 saturated heterocycles. The van der Waals surface area contributed by atoms with Gasteiger partial charge in [-0.05, 0) is 20.3 Å². The van der Waals surface area contributed by atoms with Gasteiger partial charge in [-0.15, -0.1) is 0 Å². The van der Waals surface area contributed by atoms with E-state index >= 15 is 0 Å². The van der Waals surface area contributed by atoms with Crippen LogP contribution in [0.3, 0.4) is 0 Å². The van der Waals surface area contributed by atoms with Gasteiger partial charge in [-0.3, -0.25) is 0 Å². The van der Waals surface area contributed by atoms with E-state index in [0.717, 1.165) is 12.8 Å². The molecule has 11 heavy (non-hydrogen) atoms. The van der Waals surface area contributed by atoms with Crippen LogP contribution < -0.4 is 17.2 Å². The highest BCUT2D eigenvalue weighted by molar-refractivity contribution is 4.92. The second-order valence-corrected chi connectivity index (χ2v) is 3.80. The molecule has 0 fully saturated rings. The first-order chi connectivity index (χ1) is 4.89. The van der Waals surface area contributed by atoms with E-state index in [1.807, 2.05) is 13.8 Å². The Labute approximate surface area is 69.3 Å². The predicted molar refractivity (Wildman–Crippen MR) is 49.1 cm³/mol. The number of rotatable bonds is 4. The maximum Gasteiger partial charge on any atom is 0.0370 e. The molecule has 0 aromatic rings. The summed E-state index contributed by atoms with van der Waals surface area (Å²) < 4.78 is 0. The summed E-state index contributed by atoms with van der Waals surface area (Å²) in [4.78, 5) is 0. The molecule has 3 nitrogen and oxygen atoms in total. The van der Waals surface area contributed by atoms with Gasteiger partial charge in [-0.1, -0.05) is 13.3 Å². The molecule has 3 heteroatoms. The van der Waals surface area contributed by atoms with Gasteiger partial charge in [-0.25, -0.2) is 0 Å². The number of hydrogen-bond acceptors (Lipinski definition) is 3. The Kier molecular flexibility index (Phi) is 4.00. The van der Waals surface area contributed by atoms with Crippen LogP contribution in [0.25, 0.3) is 0 Å². The van der Waals surface area contributed by atoms with Gasteiger partial charge in [0.15, 0.2) is 0 Å². The summed E-state index contributed by atoms with van der Waals surface area (Å²) in [7, 11) is 0. The van der Waals surface area contributed by atoms with Crippen LogP contribution in [0.5, 0.6) is 0 Å². The maximum absolute atomic E-state index is 5.83.